The molecule has 1 aromatic rings. The highest BCUT2D eigenvalue weighted by molar-refractivity contribution is 9.10. The van der Waals surface area contributed by atoms with E-state index in [0.717, 1.165) is 6.07 Å². The number of carbonyl (C=O) groups excluding carboxylic acids is 1. The molecule has 1 rings (SSSR count). The first-order chi connectivity index (χ1) is 8.79. The van der Waals surface area contributed by atoms with Crippen LogP contribution in [0.5, 0.6) is 0 Å². The van der Waals surface area contributed by atoms with E-state index >= 15 is 0 Å². The van der Waals surface area contributed by atoms with Crippen molar-refractivity contribution in [3.63, 3.8) is 0 Å². The molecular formula is C13H15BrFNO3. The van der Waals surface area contributed by atoms with E-state index in [1.807, 2.05) is 13.8 Å². The Bertz CT molecular complexity index is 471. The fourth-order valence-corrected chi connectivity index (χ4v) is 2.04. The Kier molecular flexibility index (Phi) is 5.47. The predicted molar refractivity (Wildman–Crippen MR) is 72.4 cm³/mol. The van der Waals surface area contributed by atoms with E-state index in [4.69, 9.17) is 5.11 Å². The lowest BCUT2D eigenvalue weighted by molar-refractivity contribution is -0.137. The number of nitrogens with one attached hydrogen (secondary N) is 1. The van der Waals surface area contributed by atoms with Gasteiger partial charge in [0.25, 0.3) is 5.91 Å². The second-order valence-electron chi connectivity index (χ2n) is 4.58. The number of rotatable bonds is 5. The van der Waals surface area contributed by atoms with Crippen LogP contribution in [0, 0.1) is 11.7 Å². The largest absolute Gasteiger partial charge is 0.481 e. The van der Waals surface area contributed by atoms with Gasteiger partial charge in [0.05, 0.1) is 6.42 Å². The molecule has 19 heavy (non-hydrogen) atoms. The van der Waals surface area contributed by atoms with Crippen molar-refractivity contribution in [2.45, 2.75) is 26.3 Å². The van der Waals surface area contributed by atoms with Crippen LogP contribution in [-0.2, 0) is 4.79 Å². The van der Waals surface area contributed by atoms with Gasteiger partial charge in [-0.25, -0.2) is 4.39 Å². The normalized spacial score (nSPS) is 12.3. The molecule has 0 saturated carbocycles. The third-order valence-electron chi connectivity index (χ3n) is 2.64. The number of hydrogen-bond donors (Lipinski definition) is 2. The molecule has 1 unspecified atom stereocenters. The quantitative estimate of drug-likeness (QED) is 0.871. The highest BCUT2D eigenvalue weighted by Crippen LogP contribution is 2.16. The third kappa shape index (κ3) is 4.98. The Morgan fingerprint density at radius 3 is 2.47 bits per heavy atom. The molecule has 0 saturated heterocycles. The van der Waals surface area contributed by atoms with E-state index < -0.39 is 23.7 Å². The lowest BCUT2D eigenvalue weighted by Gasteiger charge is -2.20. The maximum absolute atomic E-state index is 13.2. The summed E-state index contributed by atoms with van der Waals surface area (Å²) in [4.78, 5) is 22.7. The number of halogens is 2. The highest BCUT2D eigenvalue weighted by Gasteiger charge is 2.20. The maximum Gasteiger partial charge on any atom is 0.305 e. The number of aliphatic carboxylic acids is 1. The molecular weight excluding hydrogens is 317 g/mol. The summed E-state index contributed by atoms with van der Waals surface area (Å²) >= 11 is 3.10. The van der Waals surface area contributed by atoms with Gasteiger partial charge in [0.1, 0.15) is 5.82 Å². The van der Waals surface area contributed by atoms with Crippen LogP contribution >= 0.6 is 15.9 Å². The van der Waals surface area contributed by atoms with Gasteiger partial charge in [-0.1, -0.05) is 29.8 Å². The van der Waals surface area contributed by atoms with Crippen molar-refractivity contribution in [1.82, 2.24) is 5.32 Å². The molecule has 0 fully saturated rings. The number of amides is 1. The summed E-state index contributed by atoms with van der Waals surface area (Å²) in [5, 5.41) is 11.4. The highest BCUT2D eigenvalue weighted by atomic mass is 79.9. The van der Waals surface area contributed by atoms with Crippen LogP contribution in [0.2, 0.25) is 0 Å². The van der Waals surface area contributed by atoms with Gasteiger partial charge in [0, 0.05) is 16.1 Å². The maximum atomic E-state index is 13.2. The van der Waals surface area contributed by atoms with Crippen LogP contribution in [0.3, 0.4) is 0 Å². The molecule has 6 heteroatoms. The van der Waals surface area contributed by atoms with Crippen LogP contribution < -0.4 is 5.32 Å². The first-order valence-electron chi connectivity index (χ1n) is 5.78. The summed E-state index contributed by atoms with van der Waals surface area (Å²) in [7, 11) is 0. The minimum atomic E-state index is -0.987. The first-order valence-corrected chi connectivity index (χ1v) is 6.57. The van der Waals surface area contributed by atoms with Crippen LogP contribution in [0.25, 0.3) is 0 Å². The molecule has 0 aliphatic rings. The van der Waals surface area contributed by atoms with Crippen LogP contribution in [-0.4, -0.2) is 23.0 Å². The molecule has 0 aliphatic heterocycles. The van der Waals surface area contributed by atoms with Gasteiger partial charge in [-0.05, 0) is 24.1 Å². The van der Waals surface area contributed by atoms with Gasteiger partial charge in [0.2, 0.25) is 0 Å². The van der Waals surface area contributed by atoms with Gasteiger partial charge in [-0.15, -0.1) is 0 Å². The summed E-state index contributed by atoms with van der Waals surface area (Å²) in [6, 6.07) is 3.34. The molecule has 1 atom stereocenters. The third-order valence-corrected chi connectivity index (χ3v) is 3.10. The summed E-state index contributed by atoms with van der Waals surface area (Å²) in [5.74, 6) is -2.03. The summed E-state index contributed by atoms with van der Waals surface area (Å²) < 4.78 is 13.6. The zero-order valence-electron chi connectivity index (χ0n) is 10.6. The number of carboxylic acid groups (broad SMARTS) is 1. The average molecular weight is 332 g/mol. The van der Waals surface area contributed by atoms with E-state index in [1.165, 1.54) is 12.1 Å². The predicted octanol–water partition coefficient (Wildman–Crippen LogP) is 2.82. The molecule has 2 N–H and O–H groups in total. The zero-order valence-corrected chi connectivity index (χ0v) is 12.2. The number of carbonyl (C=O) groups is 2. The van der Waals surface area contributed by atoms with Gasteiger partial charge in [-0.2, -0.15) is 0 Å². The second-order valence-corrected chi connectivity index (χ2v) is 5.50. The van der Waals surface area contributed by atoms with Crippen molar-refractivity contribution in [1.29, 1.82) is 0 Å². The van der Waals surface area contributed by atoms with E-state index in [0.29, 0.717) is 4.47 Å². The van der Waals surface area contributed by atoms with Crippen molar-refractivity contribution < 1.29 is 19.1 Å². The van der Waals surface area contributed by atoms with E-state index in [9.17, 15) is 14.0 Å². The molecule has 0 aromatic heterocycles. The minimum Gasteiger partial charge on any atom is -0.481 e. The number of carboxylic acids is 1. The van der Waals surface area contributed by atoms with E-state index in [2.05, 4.69) is 21.2 Å². The summed E-state index contributed by atoms with van der Waals surface area (Å²) in [6.45, 7) is 3.63. The van der Waals surface area contributed by atoms with Crippen molar-refractivity contribution in [3.05, 3.63) is 34.1 Å². The van der Waals surface area contributed by atoms with Gasteiger partial charge >= 0.3 is 5.97 Å². The summed E-state index contributed by atoms with van der Waals surface area (Å²) in [6.07, 6.45) is -0.167. The summed E-state index contributed by atoms with van der Waals surface area (Å²) in [5.41, 5.74) is 0.155. The molecule has 104 valence electrons. The number of benzene rings is 1. The smallest absolute Gasteiger partial charge is 0.305 e. The van der Waals surface area contributed by atoms with Crippen molar-refractivity contribution >= 4 is 27.8 Å². The Labute approximate surface area is 119 Å². The monoisotopic (exact) mass is 331 g/mol. The fourth-order valence-electron chi connectivity index (χ4n) is 1.58. The molecule has 1 aromatic carbocycles. The lowest BCUT2D eigenvalue weighted by Crippen LogP contribution is -2.40. The van der Waals surface area contributed by atoms with Crippen LogP contribution in [0.15, 0.2) is 22.7 Å². The van der Waals surface area contributed by atoms with Gasteiger partial charge < -0.3 is 10.4 Å². The van der Waals surface area contributed by atoms with Crippen molar-refractivity contribution in [3.8, 4) is 0 Å². The molecule has 1 amide bonds. The molecule has 0 heterocycles. The van der Waals surface area contributed by atoms with Gasteiger partial charge in [-0.3, -0.25) is 9.59 Å². The van der Waals surface area contributed by atoms with Gasteiger partial charge in [0.15, 0.2) is 0 Å². The molecule has 0 spiro atoms. The van der Waals surface area contributed by atoms with Crippen LogP contribution in [0.1, 0.15) is 30.6 Å². The van der Waals surface area contributed by atoms with E-state index in [-0.39, 0.29) is 17.9 Å². The zero-order chi connectivity index (χ0) is 14.6. The average Bonchev–Trinajstić information content (AvgIpc) is 2.25. The topological polar surface area (TPSA) is 66.4 Å². The second kappa shape index (κ2) is 6.65. The first kappa shape index (κ1) is 15.6. The van der Waals surface area contributed by atoms with Crippen molar-refractivity contribution in [2.24, 2.45) is 5.92 Å². The lowest BCUT2D eigenvalue weighted by atomic mass is 10.0. The Hall–Kier alpha value is -1.43. The molecule has 0 radical (unpaired) electrons. The minimum absolute atomic E-state index is 0.0305. The Morgan fingerprint density at radius 1 is 1.37 bits per heavy atom. The van der Waals surface area contributed by atoms with Crippen molar-refractivity contribution in [2.75, 3.05) is 0 Å². The standard InChI is InChI=1S/C13H15BrFNO3/c1-7(2)11(6-12(17)18)16-13(19)8-3-9(14)5-10(15)4-8/h3-5,7,11H,6H2,1-2H3,(H,16,19)(H,17,18). The Balaban J connectivity index is 2.84. The molecule has 4 nitrogen and oxygen atoms in total. The molecule has 0 bridgehead atoms. The number of hydrogen-bond acceptors (Lipinski definition) is 2. The SMILES string of the molecule is CC(C)C(CC(=O)O)NC(=O)c1cc(F)cc(Br)c1. The Morgan fingerprint density at radius 2 is 2.00 bits per heavy atom. The van der Waals surface area contributed by atoms with Crippen LogP contribution in [0.4, 0.5) is 4.39 Å². The fraction of sp³-hybridized carbons (Fsp3) is 0.385. The molecule has 0 aliphatic carbocycles. The van der Waals surface area contributed by atoms with E-state index in [1.54, 1.807) is 0 Å².